The van der Waals surface area contributed by atoms with Gasteiger partial charge in [-0.1, -0.05) is 0 Å². The molecule has 0 fully saturated rings. The van der Waals surface area contributed by atoms with E-state index in [2.05, 4.69) is 21.2 Å². The molecule has 6 heteroatoms. The number of carboxylic acid groups (broad SMARTS) is 1. The molecule has 1 rings (SSSR count). The van der Waals surface area contributed by atoms with Gasteiger partial charge in [0, 0.05) is 6.04 Å². The molecule has 0 heterocycles. The average Bonchev–Trinajstić information content (AvgIpc) is 2.26. The fourth-order valence-corrected chi connectivity index (χ4v) is 1.62. The zero-order valence-electron chi connectivity index (χ0n) is 10.1. The van der Waals surface area contributed by atoms with Gasteiger partial charge in [0.25, 0.3) is 5.91 Å². The molecule has 0 aliphatic heterocycles. The topological polar surface area (TPSA) is 75.6 Å². The van der Waals surface area contributed by atoms with Gasteiger partial charge in [-0.25, -0.2) is 4.79 Å². The Hall–Kier alpha value is -1.56. The SMILES string of the molecule is CC(C)NC(=O)COc1cc(C(=O)O)ccc1Br. The highest BCUT2D eigenvalue weighted by molar-refractivity contribution is 9.10. The Labute approximate surface area is 113 Å². The standard InChI is InChI=1S/C12H14BrNO4/c1-7(2)14-11(15)6-18-10-5-8(12(16)17)3-4-9(10)13/h3-5,7H,6H2,1-2H3,(H,14,15)(H,16,17). The number of benzene rings is 1. The summed E-state index contributed by atoms with van der Waals surface area (Å²) in [5.41, 5.74) is 0.109. The molecule has 0 spiro atoms. The zero-order chi connectivity index (χ0) is 13.7. The number of nitrogens with one attached hydrogen (secondary N) is 1. The van der Waals surface area contributed by atoms with E-state index in [1.54, 1.807) is 6.07 Å². The maximum absolute atomic E-state index is 11.4. The lowest BCUT2D eigenvalue weighted by molar-refractivity contribution is -0.123. The van der Waals surface area contributed by atoms with E-state index in [-0.39, 0.29) is 24.1 Å². The van der Waals surface area contributed by atoms with E-state index in [4.69, 9.17) is 9.84 Å². The van der Waals surface area contributed by atoms with E-state index < -0.39 is 5.97 Å². The van der Waals surface area contributed by atoms with Gasteiger partial charge in [-0.15, -0.1) is 0 Å². The normalized spacial score (nSPS) is 10.2. The molecule has 0 unspecified atom stereocenters. The van der Waals surface area contributed by atoms with Gasteiger partial charge in [-0.2, -0.15) is 0 Å². The van der Waals surface area contributed by atoms with Crippen molar-refractivity contribution in [1.82, 2.24) is 5.32 Å². The molecular formula is C12H14BrNO4. The van der Waals surface area contributed by atoms with Crippen LogP contribution in [0.1, 0.15) is 24.2 Å². The number of aromatic carboxylic acids is 1. The van der Waals surface area contributed by atoms with Gasteiger partial charge in [0.05, 0.1) is 10.0 Å². The summed E-state index contributed by atoms with van der Waals surface area (Å²) in [6.45, 7) is 3.54. The molecule has 18 heavy (non-hydrogen) atoms. The first-order valence-corrected chi connectivity index (χ1v) is 6.14. The van der Waals surface area contributed by atoms with Gasteiger partial charge in [0.15, 0.2) is 6.61 Å². The van der Waals surface area contributed by atoms with Crippen LogP contribution >= 0.6 is 15.9 Å². The molecule has 0 saturated carbocycles. The summed E-state index contributed by atoms with van der Waals surface area (Å²) in [5.74, 6) is -0.967. The van der Waals surface area contributed by atoms with Crippen molar-refractivity contribution in [3.8, 4) is 5.75 Å². The third kappa shape index (κ3) is 4.37. The maximum Gasteiger partial charge on any atom is 0.335 e. The van der Waals surface area contributed by atoms with E-state index in [1.165, 1.54) is 12.1 Å². The number of hydrogen-bond acceptors (Lipinski definition) is 3. The molecule has 0 bridgehead atoms. The highest BCUT2D eigenvalue weighted by Gasteiger charge is 2.10. The molecule has 0 aromatic heterocycles. The number of carbonyl (C=O) groups is 2. The van der Waals surface area contributed by atoms with Crippen LogP contribution in [0.15, 0.2) is 22.7 Å². The second kappa shape index (κ2) is 6.39. The van der Waals surface area contributed by atoms with E-state index in [0.29, 0.717) is 10.2 Å². The van der Waals surface area contributed by atoms with Gasteiger partial charge in [0.2, 0.25) is 0 Å². The first-order chi connectivity index (χ1) is 8.40. The van der Waals surface area contributed by atoms with Crippen molar-refractivity contribution in [2.45, 2.75) is 19.9 Å². The predicted molar refractivity (Wildman–Crippen MR) is 69.9 cm³/mol. The largest absolute Gasteiger partial charge is 0.483 e. The molecule has 1 amide bonds. The zero-order valence-corrected chi connectivity index (χ0v) is 11.7. The van der Waals surface area contributed by atoms with Crippen molar-refractivity contribution < 1.29 is 19.4 Å². The molecule has 1 aromatic carbocycles. The van der Waals surface area contributed by atoms with E-state index in [9.17, 15) is 9.59 Å². The van der Waals surface area contributed by atoms with E-state index in [1.807, 2.05) is 13.8 Å². The smallest absolute Gasteiger partial charge is 0.335 e. The molecule has 0 aliphatic rings. The van der Waals surface area contributed by atoms with Gasteiger partial charge in [-0.3, -0.25) is 4.79 Å². The minimum absolute atomic E-state index is 0.0369. The van der Waals surface area contributed by atoms with E-state index >= 15 is 0 Å². The number of halogens is 1. The van der Waals surface area contributed by atoms with Gasteiger partial charge >= 0.3 is 5.97 Å². The van der Waals surface area contributed by atoms with Crippen molar-refractivity contribution in [1.29, 1.82) is 0 Å². The van der Waals surface area contributed by atoms with Crippen molar-refractivity contribution in [3.63, 3.8) is 0 Å². The van der Waals surface area contributed by atoms with Crippen molar-refractivity contribution in [2.24, 2.45) is 0 Å². The molecule has 0 radical (unpaired) electrons. The quantitative estimate of drug-likeness (QED) is 0.872. The predicted octanol–water partition coefficient (Wildman–Crippen LogP) is 2.05. The molecule has 1 aromatic rings. The molecular weight excluding hydrogens is 302 g/mol. The Kier molecular flexibility index (Phi) is 5.15. The fraction of sp³-hybridized carbons (Fsp3) is 0.333. The van der Waals surface area contributed by atoms with Crippen LogP contribution in [0, 0.1) is 0 Å². The summed E-state index contributed by atoms with van der Waals surface area (Å²) in [7, 11) is 0. The summed E-state index contributed by atoms with van der Waals surface area (Å²) < 4.78 is 5.87. The number of carbonyl (C=O) groups excluding carboxylic acids is 1. The van der Waals surface area contributed by atoms with Crippen LogP contribution in [0.4, 0.5) is 0 Å². The third-order valence-electron chi connectivity index (χ3n) is 1.99. The van der Waals surface area contributed by atoms with Crippen LogP contribution in [-0.4, -0.2) is 29.6 Å². The molecule has 0 saturated heterocycles. The first-order valence-electron chi connectivity index (χ1n) is 5.35. The number of carboxylic acids is 1. The minimum atomic E-state index is -1.04. The second-order valence-corrected chi connectivity index (χ2v) is 4.82. The van der Waals surface area contributed by atoms with Gasteiger partial charge < -0.3 is 15.2 Å². The van der Waals surface area contributed by atoms with Crippen molar-refractivity contribution in [3.05, 3.63) is 28.2 Å². The second-order valence-electron chi connectivity index (χ2n) is 3.96. The fourth-order valence-electron chi connectivity index (χ4n) is 1.25. The minimum Gasteiger partial charge on any atom is -0.483 e. The van der Waals surface area contributed by atoms with Crippen LogP contribution in [0.25, 0.3) is 0 Å². The maximum atomic E-state index is 11.4. The molecule has 0 atom stereocenters. The van der Waals surface area contributed by atoms with Crippen LogP contribution in [-0.2, 0) is 4.79 Å². The van der Waals surface area contributed by atoms with Gasteiger partial charge in [0.1, 0.15) is 5.75 Å². The Morgan fingerprint density at radius 3 is 2.67 bits per heavy atom. The Balaban J connectivity index is 2.69. The van der Waals surface area contributed by atoms with Crippen LogP contribution in [0.5, 0.6) is 5.75 Å². The van der Waals surface area contributed by atoms with E-state index in [0.717, 1.165) is 0 Å². The highest BCUT2D eigenvalue weighted by atomic mass is 79.9. The highest BCUT2D eigenvalue weighted by Crippen LogP contribution is 2.26. The van der Waals surface area contributed by atoms with Crippen LogP contribution < -0.4 is 10.1 Å². The number of ether oxygens (including phenoxy) is 1. The molecule has 5 nitrogen and oxygen atoms in total. The third-order valence-corrected chi connectivity index (χ3v) is 2.64. The number of hydrogen-bond donors (Lipinski definition) is 2. The molecule has 98 valence electrons. The first kappa shape index (κ1) is 14.5. The lowest BCUT2D eigenvalue weighted by Crippen LogP contribution is -2.34. The summed E-state index contributed by atoms with van der Waals surface area (Å²) in [6, 6.07) is 4.43. The Morgan fingerprint density at radius 1 is 1.44 bits per heavy atom. The summed E-state index contributed by atoms with van der Waals surface area (Å²) in [5, 5.41) is 11.5. The monoisotopic (exact) mass is 315 g/mol. The lowest BCUT2D eigenvalue weighted by atomic mass is 10.2. The summed E-state index contributed by atoms with van der Waals surface area (Å²) >= 11 is 3.23. The number of amides is 1. The van der Waals surface area contributed by atoms with Crippen molar-refractivity contribution in [2.75, 3.05) is 6.61 Å². The summed E-state index contributed by atoms with van der Waals surface area (Å²) in [4.78, 5) is 22.2. The number of rotatable bonds is 5. The molecule has 2 N–H and O–H groups in total. The Morgan fingerprint density at radius 2 is 2.11 bits per heavy atom. The van der Waals surface area contributed by atoms with Crippen molar-refractivity contribution >= 4 is 27.8 Å². The summed E-state index contributed by atoms with van der Waals surface area (Å²) in [6.07, 6.45) is 0. The van der Waals surface area contributed by atoms with Crippen LogP contribution in [0.3, 0.4) is 0 Å². The lowest BCUT2D eigenvalue weighted by Gasteiger charge is -2.11. The van der Waals surface area contributed by atoms with Gasteiger partial charge in [-0.05, 0) is 48.0 Å². The molecule has 0 aliphatic carbocycles. The Bertz CT molecular complexity index is 459. The average molecular weight is 316 g/mol. The van der Waals surface area contributed by atoms with Crippen LogP contribution in [0.2, 0.25) is 0 Å².